The summed E-state index contributed by atoms with van der Waals surface area (Å²) in [6.45, 7) is 2.01. The Morgan fingerprint density at radius 2 is 2.38 bits per heavy atom. The number of hydrogen-bond acceptors (Lipinski definition) is 2. The molecule has 8 heavy (non-hydrogen) atoms. The molecule has 0 radical (unpaired) electrons. The molecule has 0 atom stereocenters. The van der Waals surface area contributed by atoms with E-state index in [0.29, 0.717) is 5.76 Å². The second-order valence-electron chi connectivity index (χ2n) is 1.27. The van der Waals surface area contributed by atoms with Crippen LogP contribution in [0, 0.1) is 0 Å². The monoisotopic (exact) mass is 136 g/mol. The molecule has 0 heterocycles. The molecule has 0 rings (SSSR count). The summed E-state index contributed by atoms with van der Waals surface area (Å²) < 4.78 is 9.44. The van der Waals surface area contributed by atoms with Gasteiger partial charge in [-0.05, 0) is 6.92 Å². The van der Waals surface area contributed by atoms with E-state index in [2.05, 4.69) is 4.74 Å². The zero-order valence-corrected chi connectivity index (χ0v) is 5.73. The van der Waals surface area contributed by atoms with E-state index >= 15 is 0 Å². The highest BCUT2D eigenvalue weighted by atomic mass is 35.5. The Balaban J connectivity index is 3.12. The van der Waals surface area contributed by atoms with Gasteiger partial charge in [0, 0.05) is 12.6 Å². The third kappa shape index (κ3) is 3.96. The number of halogens is 1. The number of ether oxygens (including phenoxy) is 2. The van der Waals surface area contributed by atoms with Gasteiger partial charge in [0.15, 0.2) is 6.79 Å². The van der Waals surface area contributed by atoms with Crippen LogP contribution in [0.25, 0.3) is 0 Å². The summed E-state index contributed by atoms with van der Waals surface area (Å²) in [4.78, 5) is 0. The first-order valence-electron chi connectivity index (χ1n) is 2.20. The molecule has 0 aliphatic rings. The largest absolute Gasteiger partial charge is 0.471 e. The Bertz CT molecular complexity index is 80.5. The lowest BCUT2D eigenvalue weighted by molar-refractivity contribution is 0.00649. The second-order valence-corrected chi connectivity index (χ2v) is 1.49. The molecule has 0 aromatic rings. The van der Waals surface area contributed by atoms with Gasteiger partial charge in [0.25, 0.3) is 0 Å². The molecule has 0 spiro atoms. The summed E-state index contributed by atoms with van der Waals surface area (Å²) >= 11 is 5.25. The lowest BCUT2D eigenvalue weighted by atomic mass is 10.7. The molecule has 0 aromatic carbocycles. The standard InChI is InChI=1S/C5H9ClO2/c1-5(3-6)8-4-7-2/h3H,4H2,1-2H3. The lowest BCUT2D eigenvalue weighted by Crippen LogP contribution is -1.92. The van der Waals surface area contributed by atoms with Gasteiger partial charge in [0.2, 0.25) is 0 Å². The summed E-state index contributed by atoms with van der Waals surface area (Å²) in [5.41, 5.74) is 1.36. The minimum Gasteiger partial charge on any atom is -0.471 e. The van der Waals surface area contributed by atoms with Crippen molar-refractivity contribution in [1.29, 1.82) is 0 Å². The van der Waals surface area contributed by atoms with E-state index in [1.807, 2.05) is 0 Å². The van der Waals surface area contributed by atoms with Gasteiger partial charge in [-0.3, -0.25) is 0 Å². The maximum absolute atomic E-state index is 5.25. The molecular formula is C5H9ClO2. The number of rotatable bonds is 3. The fourth-order valence-corrected chi connectivity index (χ4v) is 0.246. The van der Waals surface area contributed by atoms with Gasteiger partial charge < -0.3 is 9.47 Å². The molecule has 3 heteroatoms. The zero-order chi connectivity index (χ0) is 6.41. The van der Waals surface area contributed by atoms with Crippen LogP contribution in [0.5, 0.6) is 0 Å². The predicted molar refractivity (Wildman–Crippen MR) is 32.6 cm³/mol. The lowest BCUT2D eigenvalue weighted by Gasteiger charge is -2.00. The van der Waals surface area contributed by atoms with Crippen molar-refractivity contribution in [2.24, 2.45) is 0 Å². The highest BCUT2D eigenvalue weighted by Gasteiger charge is 1.82. The van der Waals surface area contributed by atoms with Crippen molar-refractivity contribution in [2.45, 2.75) is 6.92 Å². The molecule has 0 bridgehead atoms. The summed E-state index contributed by atoms with van der Waals surface area (Å²) in [6.07, 6.45) is 0. The van der Waals surface area contributed by atoms with Crippen LogP contribution in [0.3, 0.4) is 0 Å². The summed E-state index contributed by atoms with van der Waals surface area (Å²) in [5.74, 6) is 0.661. The quantitative estimate of drug-likeness (QED) is 0.435. The van der Waals surface area contributed by atoms with E-state index in [4.69, 9.17) is 16.3 Å². The van der Waals surface area contributed by atoms with E-state index < -0.39 is 0 Å². The molecule has 0 aliphatic heterocycles. The van der Waals surface area contributed by atoms with Crippen molar-refractivity contribution < 1.29 is 9.47 Å². The van der Waals surface area contributed by atoms with Crippen LogP contribution in [0.2, 0.25) is 0 Å². The average molecular weight is 137 g/mol. The SMILES string of the molecule is COCOC(C)=CCl. The Morgan fingerprint density at radius 1 is 1.75 bits per heavy atom. The highest BCUT2D eigenvalue weighted by Crippen LogP contribution is 1.95. The maximum Gasteiger partial charge on any atom is 0.188 e. The van der Waals surface area contributed by atoms with Crippen molar-refractivity contribution in [3.05, 3.63) is 11.3 Å². The van der Waals surface area contributed by atoms with Crippen LogP contribution < -0.4 is 0 Å². The first kappa shape index (κ1) is 7.79. The van der Waals surface area contributed by atoms with Crippen molar-refractivity contribution in [2.75, 3.05) is 13.9 Å². The Morgan fingerprint density at radius 3 is 2.75 bits per heavy atom. The Kier molecular flexibility index (Phi) is 4.81. The van der Waals surface area contributed by atoms with E-state index in [1.165, 1.54) is 5.54 Å². The van der Waals surface area contributed by atoms with Gasteiger partial charge in [-0.1, -0.05) is 11.6 Å². The molecule has 0 saturated heterocycles. The number of allylic oxidation sites excluding steroid dienone is 1. The minimum atomic E-state index is 0.259. The Hall–Kier alpha value is -0.210. The smallest absolute Gasteiger partial charge is 0.188 e. The molecular weight excluding hydrogens is 128 g/mol. The molecule has 2 nitrogen and oxygen atoms in total. The normalized spacial score (nSPS) is 11.6. The van der Waals surface area contributed by atoms with Crippen LogP contribution >= 0.6 is 11.6 Å². The summed E-state index contributed by atoms with van der Waals surface area (Å²) in [7, 11) is 1.56. The van der Waals surface area contributed by atoms with E-state index in [9.17, 15) is 0 Å². The van der Waals surface area contributed by atoms with Gasteiger partial charge in [0.1, 0.15) is 5.76 Å². The minimum absolute atomic E-state index is 0.259. The van der Waals surface area contributed by atoms with Crippen LogP contribution in [-0.4, -0.2) is 13.9 Å². The molecule has 0 unspecified atom stereocenters. The Labute approximate surface area is 54.0 Å². The topological polar surface area (TPSA) is 18.5 Å². The average Bonchev–Trinajstić information content (AvgIpc) is 1.83. The molecule has 0 fully saturated rings. The number of hydrogen-bond donors (Lipinski definition) is 0. The predicted octanol–water partition coefficient (Wildman–Crippen LogP) is 1.71. The molecule has 0 aliphatic carbocycles. The van der Waals surface area contributed by atoms with E-state index in [-0.39, 0.29) is 6.79 Å². The van der Waals surface area contributed by atoms with Crippen molar-refractivity contribution in [3.8, 4) is 0 Å². The van der Waals surface area contributed by atoms with Crippen molar-refractivity contribution in [3.63, 3.8) is 0 Å². The summed E-state index contributed by atoms with van der Waals surface area (Å²) in [6, 6.07) is 0. The number of methoxy groups -OCH3 is 1. The van der Waals surface area contributed by atoms with Gasteiger partial charge in [0.05, 0.1) is 0 Å². The highest BCUT2D eigenvalue weighted by molar-refractivity contribution is 6.25. The first-order chi connectivity index (χ1) is 3.81. The van der Waals surface area contributed by atoms with Crippen LogP contribution in [0.4, 0.5) is 0 Å². The first-order valence-corrected chi connectivity index (χ1v) is 2.63. The summed E-state index contributed by atoms with van der Waals surface area (Å²) in [5, 5.41) is 0. The molecule has 0 aromatic heterocycles. The van der Waals surface area contributed by atoms with Gasteiger partial charge in [-0.2, -0.15) is 0 Å². The second kappa shape index (κ2) is 4.94. The zero-order valence-electron chi connectivity index (χ0n) is 4.98. The molecule has 0 N–H and O–H groups in total. The van der Waals surface area contributed by atoms with E-state index in [1.54, 1.807) is 14.0 Å². The third-order valence-corrected chi connectivity index (χ3v) is 0.865. The van der Waals surface area contributed by atoms with Gasteiger partial charge in [-0.25, -0.2) is 0 Å². The van der Waals surface area contributed by atoms with Crippen LogP contribution in [0.1, 0.15) is 6.92 Å². The molecule has 48 valence electrons. The van der Waals surface area contributed by atoms with Crippen LogP contribution in [-0.2, 0) is 9.47 Å². The van der Waals surface area contributed by atoms with Gasteiger partial charge >= 0.3 is 0 Å². The van der Waals surface area contributed by atoms with E-state index in [0.717, 1.165) is 0 Å². The fraction of sp³-hybridized carbons (Fsp3) is 0.600. The fourth-order valence-electron chi connectivity index (χ4n) is 0.183. The van der Waals surface area contributed by atoms with Crippen molar-refractivity contribution in [1.82, 2.24) is 0 Å². The third-order valence-electron chi connectivity index (χ3n) is 0.558. The van der Waals surface area contributed by atoms with Gasteiger partial charge in [-0.15, -0.1) is 0 Å². The van der Waals surface area contributed by atoms with Crippen molar-refractivity contribution >= 4 is 11.6 Å². The molecule has 0 amide bonds. The van der Waals surface area contributed by atoms with Crippen LogP contribution in [0.15, 0.2) is 11.3 Å². The maximum atomic E-state index is 5.25. The molecule has 0 saturated carbocycles.